The van der Waals surface area contributed by atoms with Crippen LogP contribution in [0.15, 0.2) is 107 Å². The minimum absolute atomic E-state index is 0.213. The molecule has 0 spiro atoms. The molecule has 0 unspecified atom stereocenters. The summed E-state index contributed by atoms with van der Waals surface area (Å²) in [6.45, 7) is 0. The Morgan fingerprint density at radius 3 is 2.53 bits per heavy atom. The smallest absolute Gasteiger partial charge is 0.266 e. The molecular formula is C29H20ClN5O2S. The highest BCUT2D eigenvalue weighted by molar-refractivity contribution is 7.98. The maximum Gasteiger partial charge on any atom is 0.266 e. The summed E-state index contributed by atoms with van der Waals surface area (Å²) in [5.41, 5.74) is 3.73. The third-order valence-electron chi connectivity index (χ3n) is 5.97. The number of aromatic amines is 1. The summed E-state index contributed by atoms with van der Waals surface area (Å²) in [5, 5.41) is 4.28. The van der Waals surface area contributed by atoms with Crippen molar-refractivity contribution < 1.29 is 4.79 Å². The van der Waals surface area contributed by atoms with Crippen LogP contribution < -0.4 is 10.9 Å². The second kappa shape index (κ2) is 10.2. The van der Waals surface area contributed by atoms with E-state index in [0.29, 0.717) is 43.8 Å². The Balaban J connectivity index is 1.39. The van der Waals surface area contributed by atoms with Crippen molar-refractivity contribution in [1.82, 2.24) is 19.5 Å². The summed E-state index contributed by atoms with van der Waals surface area (Å²) < 4.78 is 1.60. The first-order valence-electron chi connectivity index (χ1n) is 11.8. The van der Waals surface area contributed by atoms with E-state index in [1.807, 2.05) is 54.6 Å². The number of nitrogens with one attached hydrogen (secondary N) is 2. The first kappa shape index (κ1) is 24.0. The van der Waals surface area contributed by atoms with Gasteiger partial charge in [0.05, 0.1) is 33.4 Å². The number of thioether (sulfide) groups is 1. The number of hydrogen-bond donors (Lipinski definition) is 2. The number of halogens is 1. The average Bonchev–Trinajstić information content (AvgIpc) is 3.35. The molecule has 0 atom stereocenters. The highest BCUT2D eigenvalue weighted by Gasteiger charge is 2.16. The van der Waals surface area contributed by atoms with Gasteiger partial charge in [-0.1, -0.05) is 59.8 Å². The lowest BCUT2D eigenvalue weighted by Crippen LogP contribution is -2.22. The molecule has 2 heterocycles. The molecule has 0 saturated carbocycles. The van der Waals surface area contributed by atoms with E-state index in [9.17, 15) is 9.59 Å². The third kappa shape index (κ3) is 4.79. The molecule has 6 aromatic rings. The number of imidazole rings is 1. The van der Waals surface area contributed by atoms with Gasteiger partial charge in [-0.3, -0.25) is 14.2 Å². The number of fused-ring (bicyclic) bond motifs is 2. The van der Waals surface area contributed by atoms with Crippen molar-refractivity contribution in [2.75, 3.05) is 5.32 Å². The average molecular weight is 538 g/mol. The molecule has 0 bridgehead atoms. The van der Waals surface area contributed by atoms with Gasteiger partial charge in [-0.25, -0.2) is 9.97 Å². The van der Waals surface area contributed by atoms with Crippen molar-refractivity contribution in [1.29, 1.82) is 0 Å². The number of hydrogen-bond acceptors (Lipinski definition) is 5. The molecule has 38 heavy (non-hydrogen) atoms. The van der Waals surface area contributed by atoms with E-state index in [-0.39, 0.29) is 11.5 Å². The zero-order valence-electron chi connectivity index (χ0n) is 19.9. The van der Waals surface area contributed by atoms with Crippen LogP contribution in [-0.2, 0) is 5.75 Å². The van der Waals surface area contributed by atoms with Gasteiger partial charge in [-0.05, 0) is 60.7 Å². The number of carbonyl (C=O) groups is 1. The summed E-state index contributed by atoms with van der Waals surface area (Å²) in [7, 11) is 0. The summed E-state index contributed by atoms with van der Waals surface area (Å²) in [6.07, 6.45) is 0. The van der Waals surface area contributed by atoms with Gasteiger partial charge in [0.1, 0.15) is 5.82 Å². The minimum Gasteiger partial charge on any atom is -0.341 e. The first-order valence-corrected chi connectivity index (χ1v) is 13.2. The molecule has 186 valence electrons. The van der Waals surface area contributed by atoms with E-state index in [2.05, 4.69) is 15.3 Å². The van der Waals surface area contributed by atoms with E-state index < -0.39 is 0 Å². The van der Waals surface area contributed by atoms with Crippen LogP contribution in [0.25, 0.3) is 27.6 Å². The number of rotatable bonds is 6. The van der Waals surface area contributed by atoms with Crippen molar-refractivity contribution in [2.24, 2.45) is 0 Å². The Morgan fingerprint density at radius 1 is 0.895 bits per heavy atom. The van der Waals surface area contributed by atoms with Crippen molar-refractivity contribution >= 4 is 56.9 Å². The third-order valence-corrected chi connectivity index (χ3v) is 7.16. The Hall–Kier alpha value is -4.40. The van der Waals surface area contributed by atoms with Crippen molar-refractivity contribution in [2.45, 2.75) is 10.9 Å². The van der Waals surface area contributed by atoms with Gasteiger partial charge in [0.2, 0.25) is 0 Å². The van der Waals surface area contributed by atoms with Crippen LogP contribution in [0.5, 0.6) is 0 Å². The molecule has 0 fully saturated rings. The molecule has 4 aromatic carbocycles. The molecule has 2 aromatic heterocycles. The molecule has 0 saturated heterocycles. The SMILES string of the molecule is O=C(Nc1cccc(Cl)c1)c1ccc2c(=O)n(-c3ccccc3)c(SCc3nc4ccccc4[nH]3)nc2c1. The predicted octanol–water partition coefficient (Wildman–Crippen LogP) is 6.46. The van der Waals surface area contributed by atoms with E-state index in [1.165, 1.54) is 11.8 Å². The van der Waals surface area contributed by atoms with Crippen LogP contribution >= 0.6 is 23.4 Å². The largest absolute Gasteiger partial charge is 0.341 e. The lowest BCUT2D eigenvalue weighted by molar-refractivity contribution is 0.102. The quantitative estimate of drug-likeness (QED) is 0.188. The number of aromatic nitrogens is 4. The van der Waals surface area contributed by atoms with E-state index in [0.717, 1.165) is 16.9 Å². The number of amides is 1. The number of para-hydroxylation sites is 3. The molecule has 9 heteroatoms. The Kier molecular flexibility index (Phi) is 6.41. The van der Waals surface area contributed by atoms with Crippen molar-refractivity contribution in [3.63, 3.8) is 0 Å². The van der Waals surface area contributed by atoms with E-state index in [4.69, 9.17) is 16.6 Å². The number of H-pyrrole nitrogens is 1. The van der Waals surface area contributed by atoms with Gasteiger partial charge in [-0.15, -0.1) is 0 Å². The molecule has 7 nitrogen and oxygen atoms in total. The highest BCUT2D eigenvalue weighted by Crippen LogP contribution is 2.25. The fourth-order valence-corrected chi connectivity index (χ4v) is 5.26. The molecule has 0 aliphatic rings. The lowest BCUT2D eigenvalue weighted by atomic mass is 10.1. The summed E-state index contributed by atoms with van der Waals surface area (Å²) in [6, 6.07) is 29.0. The van der Waals surface area contributed by atoms with Gasteiger partial charge in [0.25, 0.3) is 11.5 Å². The summed E-state index contributed by atoms with van der Waals surface area (Å²) in [4.78, 5) is 39.4. The zero-order chi connectivity index (χ0) is 26.1. The molecule has 2 N–H and O–H groups in total. The topological polar surface area (TPSA) is 92.7 Å². The molecule has 1 amide bonds. The lowest BCUT2D eigenvalue weighted by Gasteiger charge is -2.13. The van der Waals surface area contributed by atoms with Gasteiger partial charge in [0.15, 0.2) is 5.16 Å². The normalized spacial score (nSPS) is 11.2. The number of anilines is 1. The van der Waals surface area contributed by atoms with Crippen molar-refractivity contribution in [3.05, 3.63) is 124 Å². The maximum atomic E-state index is 13.7. The van der Waals surface area contributed by atoms with E-state index in [1.54, 1.807) is 47.0 Å². The fraction of sp³-hybridized carbons (Fsp3) is 0.0345. The van der Waals surface area contributed by atoms with Crippen LogP contribution in [0.3, 0.4) is 0 Å². The first-order chi connectivity index (χ1) is 18.5. The van der Waals surface area contributed by atoms with Gasteiger partial charge in [-0.2, -0.15) is 0 Å². The van der Waals surface area contributed by atoms with Crippen LogP contribution in [0.2, 0.25) is 5.02 Å². The Labute approximate surface area is 226 Å². The fourth-order valence-electron chi connectivity index (χ4n) is 4.18. The van der Waals surface area contributed by atoms with Gasteiger partial charge >= 0.3 is 0 Å². The van der Waals surface area contributed by atoms with E-state index >= 15 is 0 Å². The zero-order valence-corrected chi connectivity index (χ0v) is 21.5. The molecule has 6 rings (SSSR count). The Bertz CT molecular complexity index is 1830. The number of carbonyl (C=O) groups excluding carboxylic acids is 1. The standard InChI is InChI=1S/C29H20ClN5O2S/c30-19-7-6-8-20(16-19)31-27(36)18-13-14-22-25(15-18)34-29(35(28(22)37)21-9-2-1-3-10-21)38-17-26-32-23-11-4-5-12-24(23)33-26/h1-16H,17H2,(H,31,36)(H,32,33). The van der Waals surface area contributed by atoms with Gasteiger partial charge < -0.3 is 10.3 Å². The van der Waals surface area contributed by atoms with Crippen LogP contribution in [0.1, 0.15) is 16.2 Å². The summed E-state index contributed by atoms with van der Waals surface area (Å²) in [5.74, 6) is 0.938. The molecule has 0 radical (unpaired) electrons. The van der Waals surface area contributed by atoms with Gasteiger partial charge in [0, 0.05) is 16.3 Å². The Morgan fingerprint density at radius 2 is 1.71 bits per heavy atom. The van der Waals surface area contributed by atoms with Crippen LogP contribution in [0, 0.1) is 0 Å². The van der Waals surface area contributed by atoms with Crippen LogP contribution in [-0.4, -0.2) is 25.4 Å². The monoisotopic (exact) mass is 537 g/mol. The maximum absolute atomic E-state index is 13.7. The number of benzene rings is 4. The summed E-state index contributed by atoms with van der Waals surface area (Å²) >= 11 is 7.44. The minimum atomic E-state index is -0.320. The highest BCUT2D eigenvalue weighted by atomic mass is 35.5. The molecule has 0 aliphatic carbocycles. The predicted molar refractivity (Wildman–Crippen MR) is 152 cm³/mol. The van der Waals surface area contributed by atoms with Crippen molar-refractivity contribution in [3.8, 4) is 5.69 Å². The second-order valence-electron chi connectivity index (χ2n) is 8.56. The number of nitrogens with zero attached hydrogens (tertiary/aromatic N) is 3. The second-order valence-corrected chi connectivity index (χ2v) is 9.94. The van der Waals surface area contributed by atoms with Crippen LogP contribution in [0.4, 0.5) is 5.69 Å². The molecule has 0 aliphatic heterocycles. The molecular weight excluding hydrogens is 518 g/mol.